The Balaban J connectivity index is 2.14. The number of nitrogens with one attached hydrogen (secondary N) is 1. The molecule has 0 aromatic rings. The molecule has 0 aromatic heterocycles. The molecule has 110 valence electrons. The molecule has 5 heteroatoms. The number of morpholine rings is 1. The highest BCUT2D eigenvalue weighted by atomic mass is 16.6. The van der Waals surface area contributed by atoms with Crippen molar-refractivity contribution in [2.24, 2.45) is 0 Å². The highest BCUT2D eigenvalue weighted by Crippen LogP contribution is 2.32. The molecule has 0 saturated carbocycles. The fourth-order valence-electron chi connectivity index (χ4n) is 2.77. The summed E-state index contributed by atoms with van der Waals surface area (Å²) < 4.78 is 11.4. The largest absolute Gasteiger partial charge is 0.444 e. The monoisotopic (exact) mass is 270 g/mol. The van der Waals surface area contributed by atoms with Crippen LogP contribution in [0, 0.1) is 0 Å². The summed E-state index contributed by atoms with van der Waals surface area (Å²) in [5.41, 5.74) is -0.632. The fraction of sp³-hybridized carbons (Fsp3) is 0.929. The van der Waals surface area contributed by atoms with Gasteiger partial charge in [-0.2, -0.15) is 0 Å². The summed E-state index contributed by atoms with van der Waals surface area (Å²) in [4.78, 5) is 14.4. The molecule has 5 nitrogen and oxygen atoms in total. The Morgan fingerprint density at radius 2 is 2.00 bits per heavy atom. The van der Waals surface area contributed by atoms with Gasteiger partial charge in [0.05, 0.1) is 24.8 Å². The van der Waals surface area contributed by atoms with Crippen molar-refractivity contribution in [3.63, 3.8) is 0 Å². The van der Waals surface area contributed by atoms with Crippen molar-refractivity contribution in [1.82, 2.24) is 10.2 Å². The zero-order valence-corrected chi connectivity index (χ0v) is 12.5. The molecule has 19 heavy (non-hydrogen) atoms. The molecule has 1 unspecified atom stereocenters. The SMILES string of the molecule is CC1CN(C(=O)OC(C)(C)C)C2(CCNCC2)CO1. The van der Waals surface area contributed by atoms with E-state index >= 15 is 0 Å². The summed E-state index contributed by atoms with van der Waals surface area (Å²) in [6, 6.07) is 0. The van der Waals surface area contributed by atoms with Gasteiger partial charge in [0.1, 0.15) is 5.60 Å². The van der Waals surface area contributed by atoms with Crippen molar-refractivity contribution in [3.8, 4) is 0 Å². The summed E-state index contributed by atoms with van der Waals surface area (Å²) >= 11 is 0. The number of hydrogen-bond donors (Lipinski definition) is 1. The first-order chi connectivity index (χ1) is 8.82. The molecule has 2 aliphatic heterocycles. The third-order valence-corrected chi connectivity index (χ3v) is 3.80. The number of amides is 1. The smallest absolute Gasteiger partial charge is 0.410 e. The molecular formula is C14H26N2O3. The van der Waals surface area contributed by atoms with Crippen LogP contribution in [-0.2, 0) is 9.47 Å². The van der Waals surface area contributed by atoms with Gasteiger partial charge in [-0.25, -0.2) is 4.79 Å². The van der Waals surface area contributed by atoms with Gasteiger partial charge in [0.15, 0.2) is 0 Å². The number of ether oxygens (including phenoxy) is 2. The van der Waals surface area contributed by atoms with Gasteiger partial charge in [-0.15, -0.1) is 0 Å². The van der Waals surface area contributed by atoms with E-state index in [4.69, 9.17) is 9.47 Å². The highest BCUT2D eigenvalue weighted by molar-refractivity contribution is 5.69. The molecule has 1 atom stereocenters. The second kappa shape index (κ2) is 5.29. The van der Waals surface area contributed by atoms with Crippen molar-refractivity contribution < 1.29 is 14.3 Å². The molecule has 1 N–H and O–H groups in total. The maximum atomic E-state index is 12.5. The van der Waals surface area contributed by atoms with Gasteiger partial charge in [-0.3, -0.25) is 4.90 Å². The van der Waals surface area contributed by atoms with Crippen molar-refractivity contribution in [3.05, 3.63) is 0 Å². The summed E-state index contributed by atoms with van der Waals surface area (Å²) in [6.45, 7) is 10.8. The van der Waals surface area contributed by atoms with Gasteiger partial charge in [0.2, 0.25) is 0 Å². The van der Waals surface area contributed by atoms with Gasteiger partial charge >= 0.3 is 6.09 Å². The topological polar surface area (TPSA) is 50.8 Å². The Kier molecular flexibility index (Phi) is 4.06. The summed E-state index contributed by atoms with van der Waals surface area (Å²) in [7, 11) is 0. The minimum absolute atomic E-state index is 0.0769. The van der Waals surface area contributed by atoms with E-state index in [2.05, 4.69) is 5.32 Å². The molecule has 1 spiro atoms. The van der Waals surface area contributed by atoms with E-state index in [0.29, 0.717) is 13.2 Å². The van der Waals surface area contributed by atoms with E-state index in [1.54, 1.807) is 0 Å². The van der Waals surface area contributed by atoms with E-state index in [1.165, 1.54) is 0 Å². The third-order valence-electron chi connectivity index (χ3n) is 3.80. The molecule has 0 radical (unpaired) electrons. The molecule has 0 bridgehead atoms. The number of hydrogen-bond acceptors (Lipinski definition) is 4. The molecule has 2 fully saturated rings. The minimum atomic E-state index is -0.452. The molecular weight excluding hydrogens is 244 g/mol. The van der Waals surface area contributed by atoms with Crippen molar-refractivity contribution in [2.45, 2.75) is 57.8 Å². The molecule has 2 heterocycles. The first kappa shape index (κ1) is 14.6. The molecule has 2 rings (SSSR count). The van der Waals surface area contributed by atoms with E-state index in [9.17, 15) is 4.79 Å². The van der Waals surface area contributed by atoms with Gasteiger partial charge in [-0.1, -0.05) is 0 Å². The van der Waals surface area contributed by atoms with E-state index in [0.717, 1.165) is 25.9 Å². The van der Waals surface area contributed by atoms with Gasteiger partial charge in [0, 0.05) is 0 Å². The number of carbonyl (C=O) groups is 1. The van der Waals surface area contributed by atoms with Gasteiger partial charge in [-0.05, 0) is 53.6 Å². The molecule has 0 aliphatic carbocycles. The van der Waals surface area contributed by atoms with E-state index < -0.39 is 5.60 Å². The maximum absolute atomic E-state index is 12.5. The predicted octanol–water partition coefficient (Wildman–Crippen LogP) is 1.76. The van der Waals surface area contributed by atoms with Crippen LogP contribution < -0.4 is 5.32 Å². The van der Waals surface area contributed by atoms with Crippen molar-refractivity contribution >= 4 is 6.09 Å². The number of nitrogens with zero attached hydrogens (tertiary/aromatic N) is 1. The first-order valence-electron chi connectivity index (χ1n) is 7.15. The lowest BCUT2D eigenvalue weighted by atomic mass is 9.86. The highest BCUT2D eigenvalue weighted by Gasteiger charge is 2.46. The number of rotatable bonds is 0. The Hall–Kier alpha value is -0.810. The second-order valence-electron chi connectivity index (χ2n) is 6.69. The maximum Gasteiger partial charge on any atom is 0.410 e. The summed E-state index contributed by atoms with van der Waals surface area (Å²) in [6.07, 6.45) is 1.73. The quantitative estimate of drug-likeness (QED) is 0.729. The Bertz CT molecular complexity index is 332. The van der Waals surface area contributed by atoms with Crippen LogP contribution in [0.2, 0.25) is 0 Å². The Labute approximate surface area is 115 Å². The first-order valence-corrected chi connectivity index (χ1v) is 7.15. The number of piperidine rings is 1. The van der Waals surface area contributed by atoms with E-state index in [1.807, 2.05) is 32.6 Å². The average Bonchev–Trinajstić information content (AvgIpc) is 2.31. The summed E-state index contributed by atoms with van der Waals surface area (Å²) in [5, 5.41) is 3.34. The van der Waals surface area contributed by atoms with Crippen molar-refractivity contribution in [2.75, 3.05) is 26.2 Å². The average molecular weight is 270 g/mol. The van der Waals surface area contributed by atoms with E-state index in [-0.39, 0.29) is 17.7 Å². The minimum Gasteiger partial charge on any atom is -0.444 e. The molecule has 2 saturated heterocycles. The van der Waals surface area contributed by atoms with Crippen LogP contribution in [0.15, 0.2) is 0 Å². The third kappa shape index (κ3) is 3.39. The van der Waals surface area contributed by atoms with Crippen LogP contribution in [-0.4, -0.2) is 54.5 Å². The number of carbonyl (C=O) groups excluding carboxylic acids is 1. The predicted molar refractivity (Wildman–Crippen MR) is 73.2 cm³/mol. The zero-order chi connectivity index (χ0) is 14.1. The lowest BCUT2D eigenvalue weighted by Gasteiger charge is -2.50. The normalized spacial score (nSPS) is 27.4. The Morgan fingerprint density at radius 3 is 2.58 bits per heavy atom. The fourth-order valence-corrected chi connectivity index (χ4v) is 2.77. The summed E-state index contributed by atoms with van der Waals surface area (Å²) in [5.74, 6) is 0. The lowest BCUT2D eigenvalue weighted by molar-refractivity contribution is -0.114. The lowest BCUT2D eigenvalue weighted by Crippen LogP contribution is -2.64. The molecule has 1 amide bonds. The van der Waals surface area contributed by atoms with Crippen LogP contribution >= 0.6 is 0 Å². The standard InChI is InChI=1S/C14H26N2O3/c1-11-9-16(12(17)19-13(2,3)4)14(10-18-11)5-7-15-8-6-14/h11,15H,5-10H2,1-4H3. The van der Waals surface area contributed by atoms with Crippen LogP contribution in [0.5, 0.6) is 0 Å². The van der Waals surface area contributed by atoms with Gasteiger partial charge < -0.3 is 14.8 Å². The molecule has 0 aromatic carbocycles. The van der Waals surface area contributed by atoms with Crippen molar-refractivity contribution in [1.29, 1.82) is 0 Å². The van der Waals surface area contributed by atoms with Crippen LogP contribution in [0.25, 0.3) is 0 Å². The molecule has 2 aliphatic rings. The Morgan fingerprint density at radius 1 is 1.37 bits per heavy atom. The second-order valence-corrected chi connectivity index (χ2v) is 6.69. The zero-order valence-electron chi connectivity index (χ0n) is 12.5. The van der Waals surface area contributed by atoms with Gasteiger partial charge in [0.25, 0.3) is 0 Å². The van der Waals surface area contributed by atoms with Crippen LogP contribution in [0.3, 0.4) is 0 Å². The van der Waals surface area contributed by atoms with Crippen LogP contribution in [0.4, 0.5) is 4.79 Å². The van der Waals surface area contributed by atoms with Crippen LogP contribution in [0.1, 0.15) is 40.5 Å².